The smallest absolute Gasteiger partial charge is 0.262 e. The van der Waals surface area contributed by atoms with Gasteiger partial charge >= 0.3 is 0 Å². The first-order valence-electron chi connectivity index (χ1n) is 10.0. The third-order valence-corrected chi connectivity index (χ3v) is 5.85. The molecule has 1 aliphatic heterocycles. The molecule has 0 unspecified atom stereocenters. The van der Waals surface area contributed by atoms with E-state index in [4.69, 9.17) is 5.73 Å². The summed E-state index contributed by atoms with van der Waals surface area (Å²) in [5.41, 5.74) is 7.36. The van der Waals surface area contributed by atoms with Crippen molar-refractivity contribution >= 4 is 33.7 Å². The Balaban J connectivity index is 1.56. The summed E-state index contributed by atoms with van der Waals surface area (Å²) in [5, 5.41) is 2.73. The normalized spacial score (nSPS) is 15.0. The highest BCUT2D eigenvalue weighted by Gasteiger charge is 2.25. The number of piperidine rings is 1. The van der Waals surface area contributed by atoms with Gasteiger partial charge < -0.3 is 10.6 Å². The minimum absolute atomic E-state index is 0.119. The Labute approximate surface area is 172 Å². The molecule has 2 aromatic heterocycles. The van der Waals surface area contributed by atoms with Crippen LogP contribution in [-0.4, -0.2) is 33.9 Å². The first-order valence-corrected chi connectivity index (χ1v) is 10.0. The summed E-state index contributed by atoms with van der Waals surface area (Å²) in [6.45, 7) is 1.23. The lowest BCUT2D eigenvalue weighted by Crippen LogP contribution is -2.40. The predicted octanol–water partition coefficient (Wildman–Crippen LogP) is 2.84. The van der Waals surface area contributed by atoms with Gasteiger partial charge in [0, 0.05) is 25.2 Å². The molecule has 4 aromatic rings. The van der Waals surface area contributed by atoms with Crippen molar-refractivity contribution < 1.29 is 4.79 Å². The summed E-state index contributed by atoms with van der Waals surface area (Å²) in [6, 6.07) is 16.1. The van der Waals surface area contributed by atoms with Crippen molar-refractivity contribution in [3.63, 3.8) is 0 Å². The van der Waals surface area contributed by atoms with Gasteiger partial charge in [-0.2, -0.15) is 4.98 Å². The number of pyridine rings is 1. The van der Waals surface area contributed by atoms with Crippen LogP contribution in [0.3, 0.4) is 0 Å². The van der Waals surface area contributed by atoms with E-state index in [0.29, 0.717) is 42.9 Å². The monoisotopic (exact) mass is 399 g/mol. The van der Waals surface area contributed by atoms with E-state index in [9.17, 15) is 9.59 Å². The van der Waals surface area contributed by atoms with Crippen molar-refractivity contribution in [2.24, 2.45) is 11.7 Å². The quantitative estimate of drug-likeness (QED) is 0.551. The Hall–Kier alpha value is -3.74. The molecule has 3 N–H and O–H groups in total. The summed E-state index contributed by atoms with van der Waals surface area (Å²) < 4.78 is 0. The maximum atomic E-state index is 13.0. The van der Waals surface area contributed by atoms with Crippen molar-refractivity contribution in [3.8, 4) is 11.1 Å². The Morgan fingerprint density at radius 3 is 2.60 bits per heavy atom. The highest BCUT2D eigenvalue weighted by Crippen LogP contribution is 2.28. The number of aromatic amines is 1. The molecule has 7 nitrogen and oxygen atoms in total. The number of anilines is 1. The van der Waals surface area contributed by atoms with Crippen LogP contribution in [0.1, 0.15) is 12.8 Å². The zero-order valence-corrected chi connectivity index (χ0v) is 16.3. The number of primary amides is 1. The fraction of sp³-hybridized carbons (Fsp3) is 0.217. The average Bonchev–Trinajstić information content (AvgIpc) is 2.78. The second-order valence-corrected chi connectivity index (χ2v) is 7.67. The topological polar surface area (TPSA) is 105 Å². The van der Waals surface area contributed by atoms with Crippen LogP contribution in [0.25, 0.3) is 32.9 Å². The number of rotatable bonds is 3. The van der Waals surface area contributed by atoms with Crippen LogP contribution in [0.5, 0.6) is 0 Å². The Morgan fingerprint density at radius 2 is 1.83 bits per heavy atom. The summed E-state index contributed by atoms with van der Waals surface area (Å²) in [4.78, 5) is 38.3. The molecule has 3 heterocycles. The number of aromatic nitrogens is 3. The molecule has 1 saturated heterocycles. The van der Waals surface area contributed by atoms with E-state index in [1.807, 2.05) is 29.2 Å². The van der Waals surface area contributed by atoms with E-state index in [0.717, 1.165) is 21.9 Å². The zero-order chi connectivity index (χ0) is 20.7. The van der Waals surface area contributed by atoms with E-state index >= 15 is 0 Å². The van der Waals surface area contributed by atoms with Gasteiger partial charge in [0.1, 0.15) is 0 Å². The summed E-state index contributed by atoms with van der Waals surface area (Å²) >= 11 is 0. The van der Waals surface area contributed by atoms with E-state index in [2.05, 4.69) is 39.2 Å². The molecular weight excluding hydrogens is 378 g/mol. The molecule has 1 fully saturated rings. The van der Waals surface area contributed by atoms with Crippen LogP contribution in [0, 0.1) is 5.92 Å². The van der Waals surface area contributed by atoms with Crippen LogP contribution in [0.15, 0.2) is 59.5 Å². The van der Waals surface area contributed by atoms with Gasteiger partial charge in [0.15, 0.2) is 5.65 Å². The van der Waals surface area contributed by atoms with E-state index in [1.165, 1.54) is 0 Å². The average molecular weight is 399 g/mol. The number of nitrogens with one attached hydrogen (secondary N) is 1. The van der Waals surface area contributed by atoms with E-state index in [-0.39, 0.29) is 17.4 Å². The summed E-state index contributed by atoms with van der Waals surface area (Å²) in [5.74, 6) is 0.0981. The molecule has 150 valence electrons. The molecule has 1 amide bonds. The molecule has 2 aromatic carbocycles. The van der Waals surface area contributed by atoms with Crippen LogP contribution < -0.4 is 16.2 Å². The number of benzene rings is 2. The number of carbonyl (C=O) groups is 1. The number of hydrogen-bond donors (Lipinski definition) is 2. The zero-order valence-electron chi connectivity index (χ0n) is 16.3. The van der Waals surface area contributed by atoms with Crippen molar-refractivity contribution in [2.75, 3.05) is 18.0 Å². The highest BCUT2D eigenvalue weighted by atomic mass is 16.1. The number of hydrogen-bond acceptors (Lipinski definition) is 5. The number of fused-ring (bicyclic) bond motifs is 2. The van der Waals surface area contributed by atoms with Gasteiger partial charge in [-0.1, -0.05) is 36.4 Å². The molecule has 0 bridgehead atoms. The molecule has 0 saturated carbocycles. The predicted molar refractivity (Wildman–Crippen MR) is 117 cm³/mol. The van der Waals surface area contributed by atoms with Crippen LogP contribution in [0.4, 0.5) is 5.95 Å². The van der Waals surface area contributed by atoms with Crippen molar-refractivity contribution in [1.82, 2.24) is 15.0 Å². The molecule has 0 spiro atoms. The maximum Gasteiger partial charge on any atom is 0.262 e. The first kappa shape index (κ1) is 18.3. The van der Waals surface area contributed by atoms with Gasteiger partial charge in [0.05, 0.1) is 5.39 Å². The summed E-state index contributed by atoms with van der Waals surface area (Å²) in [6.07, 6.45) is 2.99. The first-order chi connectivity index (χ1) is 14.6. The lowest BCUT2D eigenvalue weighted by atomic mass is 9.96. The molecule has 30 heavy (non-hydrogen) atoms. The third kappa shape index (κ3) is 3.18. The van der Waals surface area contributed by atoms with Crippen molar-refractivity contribution in [2.45, 2.75) is 12.8 Å². The van der Waals surface area contributed by atoms with Gasteiger partial charge in [-0.25, -0.2) is 4.98 Å². The second-order valence-electron chi connectivity index (χ2n) is 7.67. The van der Waals surface area contributed by atoms with E-state index < -0.39 is 0 Å². The fourth-order valence-corrected chi connectivity index (χ4v) is 4.17. The highest BCUT2D eigenvalue weighted by molar-refractivity contribution is 5.95. The van der Waals surface area contributed by atoms with E-state index in [1.54, 1.807) is 6.20 Å². The molecule has 5 rings (SSSR count). The minimum Gasteiger partial charge on any atom is -0.369 e. The maximum absolute atomic E-state index is 13.0. The Morgan fingerprint density at radius 1 is 1.07 bits per heavy atom. The number of amides is 1. The molecule has 7 heteroatoms. The lowest BCUT2D eigenvalue weighted by Gasteiger charge is -2.30. The minimum atomic E-state index is -0.267. The van der Waals surface area contributed by atoms with Gasteiger partial charge in [0.2, 0.25) is 11.9 Å². The lowest BCUT2D eigenvalue weighted by molar-refractivity contribution is -0.122. The molecule has 0 radical (unpaired) electrons. The second kappa shape index (κ2) is 7.26. The van der Waals surface area contributed by atoms with Gasteiger partial charge in [-0.3, -0.25) is 14.6 Å². The number of nitrogens with two attached hydrogens (primary N) is 1. The van der Waals surface area contributed by atoms with Crippen LogP contribution in [0.2, 0.25) is 0 Å². The van der Waals surface area contributed by atoms with Gasteiger partial charge in [0.25, 0.3) is 5.56 Å². The van der Waals surface area contributed by atoms with Crippen molar-refractivity contribution in [1.29, 1.82) is 0 Å². The Bertz CT molecular complexity index is 1320. The van der Waals surface area contributed by atoms with Crippen molar-refractivity contribution in [3.05, 3.63) is 65.1 Å². The molecular formula is C23H21N5O2. The molecule has 0 atom stereocenters. The van der Waals surface area contributed by atoms with Gasteiger partial charge in [-0.05, 0) is 46.9 Å². The number of carbonyl (C=O) groups excluding carboxylic acids is 1. The summed E-state index contributed by atoms with van der Waals surface area (Å²) in [7, 11) is 0. The van der Waals surface area contributed by atoms with Crippen LogP contribution in [-0.2, 0) is 4.79 Å². The van der Waals surface area contributed by atoms with Gasteiger partial charge in [-0.15, -0.1) is 0 Å². The molecule has 0 aliphatic carbocycles. The SMILES string of the molecule is NC(=O)C1CCN(c2nc3nccc(-c4ccc5ccccc5c4)c3c(=O)[nH]2)CC1. The fourth-order valence-electron chi connectivity index (χ4n) is 4.17. The van der Waals surface area contributed by atoms with Crippen LogP contribution >= 0.6 is 0 Å². The Kier molecular flexibility index (Phi) is 4.43. The number of nitrogens with zero attached hydrogens (tertiary/aromatic N) is 3. The molecule has 1 aliphatic rings. The third-order valence-electron chi connectivity index (χ3n) is 5.85. The largest absolute Gasteiger partial charge is 0.369 e. The number of H-pyrrole nitrogens is 1. The standard InChI is InChI=1S/C23H21N5O2/c24-20(29)15-8-11-28(12-9-15)23-26-21-19(22(30)27-23)18(7-10-25-21)17-6-5-14-3-1-2-4-16(14)13-17/h1-7,10,13,15H,8-9,11-12H2,(H2,24,29)(H,25,26,27,30).